The van der Waals surface area contributed by atoms with Crippen LogP contribution in [0.3, 0.4) is 0 Å². The van der Waals surface area contributed by atoms with E-state index in [1.54, 1.807) is 12.1 Å². The second-order valence-corrected chi connectivity index (χ2v) is 8.10. The van der Waals surface area contributed by atoms with Crippen LogP contribution in [0.15, 0.2) is 71.6 Å². The monoisotopic (exact) mass is 440 g/mol. The summed E-state index contributed by atoms with van der Waals surface area (Å²) in [5.41, 5.74) is 1.07. The molecule has 0 aliphatic carbocycles. The number of non-ortho nitro benzene ring substituents is 1. The zero-order valence-electron chi connectivity index (χ0n) is 16.0. The predicted molar refractivity (Wildman–Crippen MR) is 110 cm³/mol. The Balaban J connectivity index is 1.42. The molecular weight excluding hydrogens is 424 g/mol. The van der Waals surface area contributed by atoms with Gasteiger partial charge in [0.25, 0.3) is 5.69 Å². The topological polar surface area (TPSA) is 142 Å². The van der Waals surface area contributed by atoms with Crippen molar-refractivity contribution < 1.29 is 18.1 Å². The number of aromatic nitrogens is 4. The summed E-state index contributed by atoms with van der Waals surface area (Å²) in [6.07, 6.45) is 0. The Labute approximate surface area is 176 Å². The zero-order valence-corrected chi connectivity index (χ0v) is 16.8. The number of hydrogen-bond donors (Lipinski definition) is 1. The van der Waals surface area contributed by atoms with Crippen LogP contribution in [0.5, 0.6) is 5.88 Å². The minimum atomic E-state index is -3.92. The number of nitrogens with one attached hydrogen (secondary N) is 1. The Hall–Kier alpha value is -3.90. The van der Waals surface area contributed by atoms with E-state index in [1.165, 1.54) is 22.7 Å². The highest BCUT2D eigenvalue weighted by Crippen LogP contribution is 2.19. The van der Waals surface area contributed by atoms with Gasteiger partial charge in [0, 0.05) is 30.3 Å². The van der Waals surface area contributed by atoms with E-state index in [0.717, 1.165) is 11.6 Å². The largest absolute Gasteiger partial charge is 0.475 e. The maximum atomic E-state index is 12.3. The molecule has 0 saturated carbocycles. The molecule has 4 rings (SSSR count). The van der Waals surface area contributed by atoms with Crippen molar-refractivity contribution in [2.24, 2.45) is 0 Å². The van der Waals surface area contributed by atoms with Crippen LogP contribution in [0.4, 0.5) is 5.69 Å². The molecule has 2 aromatic carbocycles. The first-order valence-electron chi connectivity index (χ1n) is 9.09. The van der Waals surface area contributed by atoms with E-state index in [-0.39, 0.29) is 29.6 Å². The van der Waals surface area contributed by atoms with Gasteiger partial charge in [-0.05, 0) is 12.1 Å². The molecule has 0 unspecified atom stereocenters. The average molecular weight is 440 g/mol. The van der Waals surface area contributed by atoms with E-state index in [0.29, 0.717) is 11.5 Å². The molecule has 0 aliphatic heterocycles. The summed E-state index contributed by atoms with van der Waals surface area (Å²) in [5.74, 6) is 0.812. The highest BCUT2D eigenvalue weighted by Gasteiger charge is 2.17. The molecule has 1 N–H and O–H groups in total. The van der Waals surface area contributed by atoms with Crippen molar-refractivity contribution in [1.82, 2.24) is 24.5 Å². The van der Waals surface area contributed by atoms with Crippen molar-refractivity contribution in [1.29, 1.82) is 0 Å². The van der Waals surface area contributed by atoms with Crippen LogP contribution in [0.2, 0.25) is 0 Å². The molecule has 0 amide bonds. The fraction of sp³-hybridized carbons (Fsp3) is 0.105. The van der Waals surface area contributed by atoms with Gasteiger partial charge in [-0.1, -0.05) is 36.4 Å². The second-order valence-electron chi connectivity index (χ2n) is 6.33. The van der Waals surface area contributed by atoms with Crippen molar-refractivity contribution in [2.45, 2.75) is 4.90 Å². The Kier molecular flexibility index (Phi) is 5.56. The van der Waals surface area contributed by atoms with Gasteiger partial charge < -0.3 is 4.74 Å². The van der Waals surface area contributed by atoms with E-state index in [1.807, 2.05) is 30.3 Å². The highest BCUT2D eigenvalue weighted by molar-refractivity contribution is 7.89. The Morgan fingerprint density at radius 1 is 1.03 bits per heavy atom. The Bertz CT molecular complexity index is 1340. The number of benzene rings is 2. The van der Waals surface area contributed by atoms with Gasteiger partial charge in [0.15, 0.2) is 11.5 Å². The number of nitrogens with zero attached hydrogens (tertiary/aromatic N) is 5. The number of nitro benzene ring substituents is 1. The van der Waals surface area contributed by atoms with Gasteiger partial charge in [-0.3, -0.25) is 10.1 Å². The second kappa shape index (κ2) is 8.45. The molecule has 4 aromatic rings. The molecule has 0 bridgehead atoms. The molecular formula is C19H16N6O5S. The van der Waals surface area contributed by atoms with Crippen LogP contribution < -0.4 is 9.46 Å². The SMILES string of the molecule is O=[N+]([O-])c1cccc(S(=O)(=O)NCCOc2ccc3nnc(-c4ccccc4)n3n2)c1. The van der Waals surface area contributed by atoms with Crippen LogP contribution in [-0.2, 0) is 10.0 Å². The van der Waals surface area contributed by atoms with E-state index in [4.69, 9.17) is 4.74 Å². The van der Waals surface area contributed by atoms with Crippen molar-refractivity contribution in [3.63, 3.8) is 0 Å². The smallest absolute Gasteiger partial charge is 0.270 e. The summed E-state index contributed by atoms with van der Waals surface area (Å²) in [5, 5.41) is 23.4. The first kappa shape index (κ1) is 20.4. The van der Waals surface area contributed by atoms with Gasteiger partial charge in [0.2, 0.25) is 15.9 Å². The lowest BCUT2D eigenvalue weighted by atomic mass is 10.2. The van der Waals surface area contributed by atoms with Gasteiger partial charge in [0.05, 0.1) is 9.82 Å². The number of fused-ring (bicyclic) bond motifs is 1. The third kappa shape index (κ3) is 4.49. The van der Waals surface area contributed by atoms with Crippen molar-refractivity contribution >= 4 is 21.4 Å². The average Bonchev–Trinajstić information content (AvgIpc) is 3.21. The van der Waals surface area contributed by atoms with Gasteiger partial charge in [-0.2, -0.15) is 4.52 Å². The standard InChI is InChI=1S/C19H16N6O5S/c26-25(27)15-7-4-8-16(13-15)31(28,29)20-11-12-30-18-10-9-17-21-22-19(24(17)23-18)14-5-2-1-3-6-14/h1-10,13,20H,11-12H2. The predicted octanol–water partition coefficient (Wildman–Crippen LogP) is 2.06. The van der Waals surface area contributed by atoms with Gasteiger partial charge >= 0.3 is 0 Å². The molecule has 0 saturated heterocycles. The summed E-state index contributed by atoms with van der Waals surface area (Å²) in [7, 11) is -3.92. The fourth-order valence-corrected chi connectivity index (χ4v) is 3.85. The third-order valence-electron chi connectivity index (χ3n) is 4.25. The quantitative estimate of drug-likeness (QED) is 0.249. The maximum absolute atomic E-state index is 12.3. The number of rotatable bonds is 8. The summed E-state index contributed by atoms with van der Waals surface area (Å²) >= 11 is 0. The fourth-order valence-electron chi connectivity index (χ4n) is 2.80. The van der Waals surface area contributed by atoms with E-state index < -0.39 is 14.9 Å². The van der Waals surface area contributed by atoms with Gasteiger partial charge in [-0.15, -0.1) is 15.3 Å². The molecule has 11 nitrogen and oxygen atoms in total. The Morgan fingerprint density at radius 2 is 1.84 bits per heavy atom. The van der Waals surface area contributed by atoms with Crippen LogP contribution in [0.25, 0.3) is 17.0 Å². The minimum Gasteiger partial charge on any atom is -0.475 e. The molecule has 2 aromatic heterocycles. The molecule has 0 fully saturated rings. The lowest BCUT2D eigenvalue weighted by Gasteiger charge is -2.08. The van der Waals surface area contributed by atoms with Gasteiger partial charge in [-0.25, -0.2) is 13.1 Å². The van der Waals surface area contributed by atoms with E-state index in [9.17, 15) is 18.5 Å². The van der Waals surface area contributed by atoms with E-state index in [2.05, 4.69) is 20.0 Å². The van der Waals surface area contributed by atoms with E-state index >= 15 is 0 Å². The number of sulfonamides is 1. The summed E-state index contributed by atoms with van der Waals surface area (Å²) in [6.45, 7) is -0.0616. The lowest BCUT2D eigenvalue weighted by molar-refractivity contribution is -0.385. The lowest BCUT2D eigenvalue weighted by Crippen LogP contribution is -2.28. The van der Waals surface area contributed by atoms with Gasteiger partial charge in [0.1, 0.15) is 6.61 Å². The van der Waals surface area contributed by atoms with Crippen molar-refractivity contribution in [3.05, 3.63) is 76.8 Å². The van der Waals surface area contributed by atoms with Crippen molar-refractivity contribution in [2.75, 3.05) is 13.2 Å². The first-order chi connectivity index (χ1) is 14.9. The number of hydrogen-bond acceptors (Lipinski definition) is 8. The first-order valence-corrected chi connectivity index (χ1v) is 10.6. The highest BCUT2D eigenvalue weighted by atomic mass is 32.2. The maximum Gasteiger partial charge on any atom is 0.270 e. The van der Waals surface area contributed by atoms with Crippen LogP contribution in [0, 0.1) is 10.1 Å². The molecule has 31 heavy (non-hydrogen) atoms. The molecule has 12 heteroatoms. The zero-order chi connectivity index (χ0) is 21.8. The Morgan fingerprint density at radius 3 is 2.61 bits per heavy atom. The van der Waals surface area contributed by atoms with Crippen LogP contribution in [-0.4, -0.2) is 46.3 Å². The number of ether oxygens (including phenoxy) is 1. The molecule has 0 aliphatic rings. The van der Waals surface area contributed by atoms with Crippen LogP contribution in [0.1, 0.15) is 0 Å². The van der Waals surface area contributed by atoms with Crippen molar-refractivity contribution in [3.8, 4) is 17.3 Å². The normalized spacial score (nSPS) is 11.5. The molecule has 0 atom stereocenters. The minimum absolute atomic E-state index is 0.00450. The summed E-state index contributed by atoms with van der Waals surface area (Å²) in [6, 6.07) is 17.5. The molecule has 158 valence electrons. The molecule has 2 heterocycles. The number of nitro groups is 1. The summed E-state index contributed by atoms with van der Waals surface area (Å²) in [4.78, 5) is 9.99. The molecule has 0 radical (unpaired) electrons. The van der Waals surface area contributed by atoms with Crippen LogP contribution >= 0.6 is 0 Å². The third-order valence-corrected chi connectivity index (χ3v) is 5.71. The molecule has 0 spiro atoms. The summed E-state index contributed by atoms with van der Waals surface area (Å²) < 4.78 is 34.1.